The van der Waals surface area contributed by atoms with Crippen LogP contribution in [0.3, 0.4) is 0 Å². The second-order valence-electron chi connectivity index (χ2n) is 5.88. The van der Waals surface area contributed by atoms with Crippen LogP contribution in [-0.4, -0.2) is 98.0 Å². The first-order valence-electron chi connectivity index (χ1n) is 8.21. The molecule has 2 rings (SSSR count). The van der Waals surface area contributed by atoms with Crippen LogP contribution in [0.2, 0.25) is 0 Å². The molecule has 2 aliphatic heterocycles. The molecule has 2 saturated heterocycles. The van der Waals surface area contributed by atoms with Crippen LogP contribution in [0.4, 0.5) is 0 Å². The van der Waals surface area contributed by atoms with E-state index in [4.69, 9.17) is 9.84 Å². The van der Waals surface area contributed by atoms with Crippen molar-refractivity contribution in [3.8, 4) is 0 Å². The summed E-state index contributed by atoms with van der Waals surface area (Å²) in [7, 11) is 0. The Morgan fingerprint density at radius 1 is 0.950 bits per heavy atom. The van der Waals surface area contributed by atoms with Gasteiger partial charge in [-0.25, -0.2) is 0 Å². The third kappa shape index (κ3) is 4.97. The number of hydrogen-bond acceptors (Lipinski definition) is 5. The maximum Gasteiger partial charge on any atom is 0.0698 e. The fraction of sp³-hybridized carbons (Fsp3) is 1.00. The van der Waals surface area contributed by atoms with Crippen LogP contribution in [0.15, 0.2) is 0 Å². The number of piperidine rings is 1. The molecule has 1 N–H and O–H groups in total. The first-order chi connectivity index (χ1) is 9.83. The van der Waals surface area contributed by atoms with Crippen LogP contribution in [0, 0.1) is 0 Å². The van der Waals surface area contributed by atoms with Crippen molar-refractivity contribution in [3.05, 3.63) is 0 Å². The molecule has 118 valence electrons. The second kappa shape index (κ2) is 8.95. The molecule has 0 aliphatic carbocycles. The van der Waals surface area contributed by atoms with Crippen LogP contribution in [-0.2, 0) is 4.74 Å². The third-order valence-corrected chi connectivity index (χ3v) is 4.72. The molecule has 0 aromatic rings. The van der Waals surface area contributed by atoms with Crippen molar-refractivity contribution in [1.29, 1.82) is 0 Å². The Labute approximate surface area is 123 Å². The van der Waals surface area contributed by atoms with Gasteiger partial charge in [0, 0.05) is 38.8 Å². The number of nitrogens with zero attached hydrogens (tertiary/aromatic N) is 3. The summed E-state index contributed by atoms with van der Waals surface area (Å²) in [5.74, 6) is 0. The second-order valence-corrected chi connectivity index (χ2v) is 5.88. The highest BCUT2D eigenvalue weighted by atomic mass is 16.5. The minimum absolute atomic E-state index is 0.129. The molecule has 0 saturated carbocycles. The molecular weight excluding hydrogens is 254 g/mol. The summed E-state index contributed by atoms with van der Waals surface area (Å²) in [5.41, 5.74) is 0. The van der Waals surface area contributed by atoms with Crippen LogP contribution in [0.5, 0.6) is 0 Å². The highest BCUT2D eigenvalue weighted by molar-refractivity contribution is 4.83. The highest BCUT2D eigenvalue weighted by Gasteiger charge is 2.26. The lowest BCUT2D eigenvalue weighted by atomic mass is 10.0. The number of aliphatic hydroxyl groups is 1. The lowest BCUT2D eigenvalue weighted by Gasteiger charge is -2.42. The smallest absolute Gasteiger partial charge is 0.0698 e. The summed E-state index contributed by atoms with van der Waals surface area (Å²) >= 11 is 0. The molecule has 0 radical (unpaired) electrons. The zero-order valence-corrected chi connectivity index (χ0v) is 13.0. The van der Waals surface area contributed by atoms with E-state index in [1.54, 1.807) is 0 Å². The van der Waals surface area contributed by atoms with Gasteiger partial charge in [-0.3, -0.25) is 9.80 Å². The molecule has 0 atom stereocenters. The van der Waals surface area contributed by atoms with Crippen molar-refractivity contribution in [1.82, 2.24) is 14.7 Å². The Kier molecular flexibility index (Phi) is 7.24. The average Bonchev–Trinajstić information content (AvgIpc) is 2.52. The predicted octanol–water partition coefficient (Wildman–Crippen LogP) is 0.0972. The van der Waals surface area contributed by atoms with Gasteiger partial charge in [-0.1, -0.05) is 6.92 Å². The van der Waals surface area contributed by atoms with E-state index in [-0.39, 0.29) is 6.61 Å². The molecule has 0 aromatic carbocycles. The molecule has 2 heterocycles. The maximum atomic E-state index is 8.67. The number of hydrogen-bond donors (Lipinski definition) is 1. The molecule has 5 heteroatoms. The minimum Gasteiger partial charge on any atom is -0.394 e. The first kappa shape index (κ1) is 16.2. The van der Waals surface area contributed by atoms with E-state index in [0.29, 0.717) is 6.61 Å². The van der Waals surface area contributed by atoms with Crippen LogP contribution < -0.4 is 0 Å². The number of likely N-dealkylation sites (tertiary alicyclic amines) is 1. The Morgan fingerprint density at radius 2 is 1.65 bits per heavy atom. The fourth-order valence-electron chi connectivity index (χ4n) is 3.31. The van der Waals surface area contributed by atoms with E-state index in [1.807, 2.05) is 0 Å². The van der Waals surface area contributed by atoms with Gasteiger partial charge in [0.15, 0.2) is 0 Å². The fourth-order valence-corrected chi connectivity index (χ4v) is 3.31. The number of aliphatic hydroxyl groups excluding tert-OH is 1. The van der Waals surface area contributed by atoms with Gasteiger partial charge in [0.1, 0.15) is 0 Å². The van der Waals surface area contributed by atoms with Crippen molar-refractivity contribution in [2.24, 2.45) is 0 Å². The normalized spacial score (nSPS) is 24.3. The van der Waals surface area contributed by atoms with Gasteiger partial charge < -0.3 is 14.7 Å². The van der Waals surface area contributed by atoms with Crippen molar-refractivity contribution in [2.45, 2.75) is 25.8 Å². The quantitative estimate of drug-likeness (QED) is 0.672. The molecule has 20 heavy (non-hydrogen) atoms. The van der Waals surface area contributed by atoms with Crippen molar-refractivity contribution < 1.29 is 9.84 Å². The lowest BCUT2D eigenvalue weighted by Crippen LogP contribution is -2.53. The zero-order chi connectivity index (χ0) is 14.2. The number of rotatable bonds is 7. The molecule has 0 amide bonds. The number of ether oxygens (including phenoxy) is 1. The maximum absolute atomic E-state index is 8.67. The van der Waals surface area contributed by atoms with Crippen molar-refractivity contribution in [2.75, 3.05) is 72.2 Å². The van der Waals surface area contributed by atoms with Gasteiger partial charge in [-0.2, -0.15) is 0 Å². The van der Waals surface area contributed by atoms with E-state index in [2.05, 4.69) is 21.6 Å². The predicted molar refractivity (Wildman–Crippen MR) is 81.1 cm³/mol. The number of piperazine rings is 1. The van der Waals surface area contributed by atoms with Gasteiger partial charge in [-0.05, 0) is 32.5 Å². The third-order valence-electron chi connectivity index (χ3n) is 4.72. The van der Waals surface area contributed by atoms with E-state index < -0.39 is 0 Å². The SMILES string of the molecule is CCN1CCC(N2CCN(CCOCCO)CC2)CC1. The molecule has 2 fully saturated rings. The Morgan fingerprint density at radius 3 is 2.25 bits per heavy atom. The largest absolute Gasteiger partial charge is 0.394 e. The van der Waals surface area contributed by atoms with Gasteiger partial charge in [0.2, 0.25) is 0 Å². The van der Waals surface area contributed by atoms with E-state index >= 15 is 0 Å². The molecule has 0 spiro atoms. The minimum atomic E-state index is 0.129. The van der Waals surface area contributed by atoms with E-state index in [9.17, 15) is 0 Å². The Balaban J connectivity index is 1.59. The molecule has 5 nitrogen and oxygen atoms in total. The van der Waals surface area contributed by atoms with Gasteiger partial charge >= 0.3 is 0 Å². The summed E-state index contributed by atoms with van der Waals surface area (Å²) < 4.78 is 5.34. The van der Waals surface area contributed by atoms with Gasteiger partial charge in [0.25, 0.3) is 0 Å². The average molecular weight is 285 g/mol. The van der Waals surface area contributed by atoms with Crippen molar-refractivity contribution in [3.63, 3.8) is 0 Å². The Bertz CT molecular complexity index is 250. The molecule has 2 aliphatic rings. The summed E-state index contributed by atoms with van der Waals surface area (Å²) in [5, 5.41) is 8.67. The van der Waals surface area contributed by atoms with Crippen LogP contribution in [0.1, 0.15) is 19.8 Å². The molecule has 0 unspecified atom stereocenters. The van der Waals surface area contributed by atoms with Gasteiger partial charge in [0.05, 0.1) is 19.8 Å². The van der Waals surface area contributed by atoms with Crippen LogP contribution >= 0.6 is 0 Å². The summed E-state index contributed by atoms with van der Waals surface area (Å²) in [4.78, 5) is 7.73. The summed E-state index contributed by atoms with van der Waals surface area (Å²) in [6.07, 6.45) is 2.68. The summed E-state index contributed by atoms with van der Waals surface area (Å²) in [6.45, 7) is 13.1. The van der Waals surface area contributed by atoms with E-state index in [0.717, 1.165) is 32.3 Å². The van der Waals surface area contributed by atoms with Gasteiger partial charge in [-0.15, -0.1) is 0 Å². The molecular formula is C15H31N3O2. The standard InChI is InChI=1S/C15H31N3O2/c1-2-16-5-3-15(4-6-16)18-9-7-17(8-10-18)11-13-20-14-12-19/h15,19H,2-14H2,1H3. The molecule has 0 aromatic heterocycles. The van der Waals surface area contributed by atoms with E-state index in [1.165, 1.54) is 45.6 Å². The molecule has 0 bridgehead atoms. The zero-order valence-electron chi connectivity index (χ0n) is 13.0. The highest BCUT2D eigenvalue weighted by Crippen LogP contribution is 2.17. The van der Waals surface area contributed by atoms with Crippen LogP contribution in [0.25, 0.3) is 0 Å². The topological polar surface area (TPSA) is 39.2 Å². The van der Waals surface area contributed by atoms with Crippen molar-refractivity contribution >= 4 is 0 Å². The Hall–Kier alpha value is -0.200. The first-order valence-corrected chi connectivity index (χ1v) is 8.21. The lowest BCUT2D eigenvalue weighted by molar-refractivity contribution is 0.0360. The summed E-state index contributed by atoms with van der Waals surface area (Å²) in [6, 6.07) is 0.811. The monoisotopic (exact) mass is 285 g/mol.